The molecule has 0 saturated carbocycles. The standard InChI is InChI=1S/C14H13N3OS/c1-8-12(7-19-17-8)16-14(18)13-9(2)15-11-6-4-3-5-10(11)13/h3-7,15H,1-2H3,(H,16,18). The summed E-state index contributed by atoms with van der Waals surface area (Å²) in [4.78, 5) is 15.6. The van der Waals surface area contributed by atoms with Gasteiger partial charge in [0.2, 0.25) is 0 Å². The van der Waals surface area contributed by atoms with E-state index in [1.807, 2.05) is 43.5 Å². The molecule has 1 aromatic carbocycles. The molecular weight excluding hydrogens is 258 g/mol. The molecule has 0 unspecified atom stereocenters. The van der Waals surface area contributed by atoms with Gasteiger partial charge < -0.3 is 10.3 Å². The van der Waals surface area contributed by atoms with Crippen molar-refractivity contribution >= 4 is 34.0 Å². The summed E-state index contributed by atoms with van der Waals surface area (Å²) in [6, 6.07) is 7.81. The van der Waals surface area contributed by atoms with E-state index in [0.29, 0.717) is 5.56 Å². The molecule has 0 bridgehead atoms. The van der Waals surface area contributed by atoms with Crippen molar-refractivity contribution in [2.45, 2.75) is 13.8 Å². The predicted molar refractivity (Wildman–Crippen MR) is 77.8 cm³/mol. The third-order valence-corrected chi connectivity index (χ3v) is 3.84. The second-order valence-corrected chi connectivity index (χ2v) is 5.07. The summed E-state index contributed by atoms with van der Waals surface area (Å²) in [5.74, 6) is -0.0988. The summed E-state index contributed by atoms with van der Waals surface area (Å²) in [6.45, 7) is 3.79. The monoisotopic (exact) mass is 271 g/mol. The van der Waals surface area contributed by atoms with Gasteiger partial charge in [-0.2, -0.15) is 4.37 Å². The number of nitrogens with zero attached hydrogens (tertiary/aromatic N) is 1. The molecule has 0 radical (unpaired) electrons. The van der Waals surface area contributed by atoms with Crippen molar-refractivity contribution in [2.75, 3.05) is 5.32 Å². The Kier molecular flexibility index (Phi) is 2.83. The maximum Gasteiger partial charge on any atom is 0.258 e. The molecule has 96 valence electrons. The molecule has 19 heavy (non-hydrogen) atoms. The summed E-state index contributed by atoms with van der Waals surface area (Å²) < 4.78 is 4.15. The van der Waals surface area contributed by atoms with Gasteiger partial charge in [-0.1, -0.05) is 18.2 Å². The number of nitrogens with one attached hydrogen (secondary N) is 2. The normalized spacial score (nSPS) is 10.8. The number of hydrogen-bond acceptors (Lipinski definition) is 3. The molecule has 0 atom stereocenters. The minimum absolute atomic E-state index is 0.0988. The van der Waals surface area contributed by atoms with E-state index < -0.39 is 0 Å². The summed E-state index contributed by atoms with van der Waals surface area (Å²) >= 11 is 1.34. The van der Waals surface area contributed by atoms with Gasteiger partial charge >= 0.3 is 0 Å². The predicted octanol–water partition coefficient (Wildman–Crippen LogP) is 3.49. The molecular formula is C14H13N3OS. The van der Waals surface area contributed by atoms with Gasteiger partial charge in [-0.25, -0.2) is 0 Å². The first-order valence-corrected chi connectivity index (χ1v) is 6.80. The van der Waals surface area contributed by atoms with E-state index in [0.717, 1.165) is 28.0 Å². The van der Waals surface area contributed by atoms with Crippen LogP contribution < -0.4 is 5.32 Å². The van der Waals surface area contributed by atoms with Crippen molar-refractivity contribution in [3.05, 3.63) is 46.6 Å². The van der Waals surface area contributed by atoms with E-state index in [9.17, 15) is 4.79 Å². The van der Waals surface area contributed by atoms with E-state index >= 15 is 0 Å². The van der Waals surface area contributed by atoms with Gasteiger partial charge in [-0.05, 0) is 31.4 Å². The smallest absolute Gasteiger partial charge is 0.258 e. The molecule has 4 nitrogen and oxygen atoms in total. The van der Waals surface area contributed by atoms with Gasteiger partial charge in [0, 0.05) is 22.0 Å². The van der Waals surface area contributed by atoms with Crippen molar-refractivity contribution in [1.29, 1.82) is 0 Å². The zero-order chi connectivity index (χ0) is 13.4. The molecule has 0 fully saturated rings. The van der Waals surface area contributed by atoms with Crippen LogP contribution in [0.1, 0.15) is 21.7 Å². The van der Waals surface area contributed by atoms with Crippen molar-refractivity contribution < 1.29 is 4.79 Å². The first kappa shape index (κ1) is 11.9. The van der Waals surface area contributed by atoms with Crippen LogP contribution in [0.25, 0.3) is 10.9 Å². The molecule has 2 N–H and O–H groups in total. The Morgan fingerprint density at radius 3 is 2.84 bits per heavy atom. The Balaban J connectivity index is 2.02. The molecule has 0 saturated heterocycles. The Labute approximate surface area is 114 Å². The second kappa shape index (κ2) is 4.51. The number of aromatic nitrogens is 2. The molecule has 5 heteroatoms. The molecule has 3 rings (SSSR count). The van der Waals surface area contributed by atoms with Crippen LogP contribution in [-0.2, 0) is 0 Å². The number of amides is 1. The minimum Gasteiger partial charge on any atom is -0.358 e. The SMILES string of the molecule is Cc1nscc1NC(=O)c1c(C)[nH]c2ccccc12. The van der Waals surface area contributed by atoms with E-state index in [2.05, 4.69) is 14.7 Å². The minimum atomic E-state index is -0.0988. The number of para-hydroxylation sites is 1. The average molecular weight is 271 g/mol. The Bertz CT molecular complexity index is 757. The average Bonchev–Trinajstić information content (AvgIpc) is 2.92. The number of anilines is 1. The molecule has 3 aromatic rings. The van der Waals surface area contributed by atoms with Crippen LogP contribution >= 0.6 is 11.5 Å². The van der Waals surface area contributed by atoms with Crippen LogP contribution in [0.5, 0.6) is 0 Å². The molecule has 0 aliphatic heterocycles. The quantitative estimate of drug-likeness (QED) is 0.749. The van der Waals surface area contributed by atoms with Crippen molar-refractivity contribution in [1.82, 2.24) is 9.36 Å². The number of carbonyl (C=O) groups excluding carboxylic acids is 1. The zero-order valence-electron chi connectivity index (χ0n) is 10.7. The fourth-order valence-electron chi connectivity index (χ4n) is 2.17. The Morgan fingerprint density at radius 2 is 2.11 bits per heavy atom. The Morgan fingerprint density at radius 1 is 1.32 bits per heavy atom. The highest BCUT2D eigenvalue weighted by atomic mass is 32.1. The van der Waals surface area contributed by atoms with Crippen molar-refractivity contribution in [3.8, 4) is 0 Å². The highest BCUT2D eigenvalue weighted by Gasteiger charge is 2.16. The maximum atomic E-state index is 12.4. The maximum absolute atomic E-state index is 12.4. The highest BCUT2D eigenvalue weighted by molar-refractivity contribution is 7.04. The van der Waals surface area contributed by atoms with Crippen molar-refractivity contribution in [3.63, 3.8) is 0 Å². The lowest BCUT2D eigenvalue weighted by Gasteiger charge is -2.03. The van der Waals surface area contributed by atoms with Crippen molar-refractivity contribution in [2.24, 2.45) is 0 Å². The summed E-state index contributed by atoms with van der Waals surface area (Å²) in [7, 11) is 0. The van der Waals surface area contributed by atoms with E-state index in [4.69, 9.17) is 0 Å². The molecule has 1 amide bonds. The first-order valence-electron chi connectivity index (χ1n) is 5.96. The van der Waals surface area contributed by atoms with Gasteiger partial charge in [-0.3, -0.25) is 4.79 Å². The lowest BCUT2D eigenvalue weighted by Crippen LogP contribution is -2.12. The molecule has 2 aromatic heterocycles. The molecule has 0 aliphatic carbocycles. The number of carbonyl (C=O) groups is 1. The summed E-state index contributed by atoms with van der Waals surface area (Å²) in [6.07, 6.45) is 0. The third kappa shape index (κ3) is 2.02. The van der Waals surface area contributed by atoms with E-state index in [1.165, 1.54) is 11.5 Å². The number of aromatic amines is 1. The fraction of sp³-hybridized carbons (Fsp3) is 0.143. The Hall–Kier alpha value is -2.14. The largest absolute Gasteiger partial charge is 0.358 e. The molecule has 0 aliphatic rings. The molecule has 0 spiro atoms. The van der Waals surface area contributed by atoms with Gasteiger partial charge in [0.1, 0.15) is 0 Å². The van der Waals surface area contributed by atoms with Crippen LogP contribution in [0.15, 0.2) is 29.6 Å². The fourth-order valence-corrected chi connectivity index (χ4v) is 2.81. The lowest BCUT2D eigenvalue weighted by molar-refractivity contribution is 0.102. The van der Waals surface area contributed by atoms with Crippen LogP contribution in [-0.4, -0.2) is 15.3 Å². The van der Waals surface area contributed by atoms with Crippen LogP contribution in [0.2, 0.25) is 0 Å². The third-order valence-electron chi connectivity index (χ3n) is 3.12. The van der Waals surface area contributed by atoms with Crippen LogP contribution in [0.3, 0.4) is 0 Å². The number of rotatable bonds is 2. The van der Waals surface area contributed by atoms with E-state index in [1.54, 1.807) is 0 Å². The number of fused-ring (bicyclic) bond motifs is 1. The first-order chi connectivity index (χ1) is 9.16. The van der Waals surface area contributed by atoms with Gasteiger partial charge in [0.15, 0.2) is 0 Å². The summed E-state index contributed by atoms with van der Waals surface area (Å²) in [5, 5.41) is 5.70. The van der Waals surface area contributed by atoms with Crippen LogP contribution in [0.4, 0.5) is 5.69 Å². The number of H-pyrrole nitrogens is 1. The summed E-state index contributed by atoms with van der Waals surface area (Å²) in [5.41, 5.74) is 4.17. The lowest BCUT2D eigenvalue weighted by atomic mass is 10.1. The number of hydrogen-bond donors (Lipinski definition) is 2. The molecule has 2 heterocycles. The number of benzene rings is 1. The second-order valence-electron chi connectivity index (χ2n) is 4.44. The topological polar surface area (TPSA) is 57.8 Å². The van der Waals surface area contributed by atoms with Crippen LogP contribution in [0, 0.1) is 13.8 Å². The van der Waals surface area contributed by atoms with Gasteiger partial charge in [0.05, 0.1) is 16.9 Å². The van der Waals surface area contributed by atoms with Gasteiger partial charge in [0.25, 0.3) is 5.91 Å². The number of aryl methyl sites for hydroxylation is 2. The zero-order valence-corrected chi connectivity index (χ0v) is 11.5. The highest BCUT2D eigenvalue weighted by Crippen LogP contribution is 2.24. The van der Waals surface area contributed by atoms with Gasteiger partial charge in [-0.15, -0.1) is 0 Å². The van der Waals surface area contributed by atoms with E-state index in [-0.39, 0.29) is 5.91 Å².